The number of hydrogen-bond acceptors (Lipinski definition) is 4. The Morgan fingerprint density at radius 1 is 1.09 bits per heavy atom. The van der Waals surface area contributed by atoms with E-state index in [0.29, 0.717) is 30.2 Å². The molecule has 0 spiro atoms. The number of carboxylic acids is 1. The van der Waals surface area contributed by atoms with E-state index in [9.17, 15) is 31.5 Å². The van der Waals surface area contributed by atoms with Gasteiger partial charge in [-0.2, -0.15) is 13.2 Å². The molecule has 1 saturated carbocycles. The molecule has 1 aliphatic carbocycles. The topological polar surface area (TPSA) is 95.5 Å². The Bertz CT molecular complexity index is 1190. The number of alkyl halides is 3. The van der Waals surface area contributed by atoms with Crippen LogP contribution in [0.1, 0.15) is 71.1 Å². The number of anilines is 1. The average molecular weight is 503 g/mol. The number of carbonyl (C=O) groups is 1. The summed E-state index contributed by atoms with van der Waals surface area (Å²) in [6.07, 6.45) is -0.930. The Morgan fingerprint density at radius 3 is 2.39 bits per heavy atom. The Hall–Kier alpha value is -2.30. The van der Waals surface area contributed by atoms with Crippen LogP contribution in [0, 0.1) is 0 Å². The standard InChI is InChI=1S/C22H22ClF3N2O4S/c23-17-10-15(18-3-1-2-8-27-18)19(11-16(17)22(24,25)26)28-33(31,32)20-9-13(21(29)30)6-7-14(20)12-4-5-12/h6-7,9-12,18,27-28H,1-5,8H2,(H,29,30). The van der Waals surface area contributed by atoms with Crippen molar-refractivity contribution in [1.82, 2.24) is 5.32 Å². The second-order valence-electron chi connectivity index (χ2n) is 8.36. The van der Waals surface area contributed by atoms with Crippen LogP contribution in [-0.2, 0) is 16.2 Å². The highest BCUT2D eigenvalue weighted by atomic mass is 35.5. The monoisotopic (exact) mass is 502 g/mol. The summed E-state index contributed by atoms with van der Waals surface area (Å²) >= 11 is 5.93. The first-order valence-corrected chi connectivity index (χ1v) is 12.4. The number of piperidine rings is 1. The van der Waals surface area contributed by atoms with Gasteiger partial charge < -0.3 is 10.4 Å². The maximum atomic E-state index is 13.5. The fraction of sp³-hybridized carbons (Fsp3) is 0.409. The SMILES string of the molecule is O=C(O)c1ccc(C2CC2)c(S(=O)(=O)Nc2cc(C(F)(F)F)c(Cl)cc2C2CCCCN2)c1. The second-order valence-corrected chi connectivity index (χ2v) is 10.4. The summed E-state index contributed by atoms with van der Waals surface area (Å²) in [5, 5.41) is 12.0. The molecule has 2 aliphatic rings. The minimum atomic E-state index is -4.78. The minimum Gasteiger partial charge on any atom is -0.478 e. The fourth-order valence-corrected chi connectivity index (χ4v) is 5.81. The molecule has 2 aromatic rings. The van der Waals surface area contributed by atoms with Gasteiger partial charge >= 0.3 is 12.1 Å². The molecule has 0 bridgehead atoms. The van der Waals surface area contributed by atoms with Gasteiger partial charge in [0.05, 0.1) is 26.7 Å². The number of sulfonamides is 1. The first-order chi connectivity index (χ1) is 15.5. The molecule has 1 atom stereocenters. The summed E-state index contributed by atoms with van der Waals surface area (Å²) in [4.78, 5) is 11.2. The zero-order valence-electron chi connectivity index (χ0n) is 17.4. The lowest BCUT2D eigenvalue weighted by Gasteiger charge is -2.27. The third-order valence-electron chi connectivity index (χ3n) is 5.94. The smallest absolute Gasteiger partial charge is 0.417 e. The van der Waals surface area contributed by atoms with Crippen molar-refractivity contribution < 1.29 is 31.5 Å². The van der Waals surface area contributed by atoms with Crippen molar-refractivity contribution >= 4 is 33.3 Å². The van der Waals surface area contributed by atoms with Gasteiger partial charge in [-0.25, -0.2) is 13.2 Å². The molecule has 2 fully saturated rings. The molecule has 1 unspecified atom stereocenters. The van der Waals surface area contributed by atoms with Gasteiger partial charge in [0.25, 0.3) is 10.0 Å². The Kier molecular flexibility index (Phi) is 6.36. The quantitative estimate of drug-likeness (QED) is 0.481. The van der Waals surface area contributed by atoms with E-state index in [1.165, 1.54) is 12.1 Å². The van der Waals surface area contributed by atoms with Gasteiger partial charge in [0.2, 0.25) is 0 Å². The second kappa shape index (κ2) is 8.81. The first-order valence-electron chi connectivity index (χ1n) is 10.5. The van der Waals surface area contributed by atoms with E-state index in [1.54, 1.807) is 0 Å². The fourth-order valence-electron chi connectivity index (χ4n) is 4.13. The molecule has 1 aliphatic heterocycles. The van der Waals surface area contributed by atoms with Crippen LogP contribution in [-0.4, -0.2) is 26.0 Å². The predicted molar refractivity (Wildman–Crippen MR) is 117 cm³/mol. The van der Waals surface area contributed by atoms with E-state index in [-0.39, 0.29) is 28.1 Å². The molecule has 1 heterocycles. The van der Waals surface area contributed by atoms with Gasteiger partial charge in [-0.15, -0.1) is 0 Å². The Morgan fingerprint density at radius 2 is 1.82 bits per heavy atom. The molecule has 178 valence electrons. The van der Waals surface area contributed by atoms with Crippen LogP contribution in [0.2, 0.25) is 5.02 Å². The lowest BCUT2D eigenvalue weighted by Crippen LogP contribution is -2.28. The van der Waals surface area contributed by atoms with Gasteiger partial charge in [-0.1, -0.05) is 24.1 Å². The number of halogens is 4. The van der Waals surface area contributed by atoms with Crippen molar-refractivity contribution in [3.8, 4) is 0 Å². The van der Waals surface area contributed by atoms with E-state index in [1.807, 2.05) is 0 Å². The van der Waals surface area contributed by atoms with Crippen LogP contribution in [0.4, 0.5) is 18.9 Å². The van der Waals surface area contributed by atoms with E-state index >= 15 is 0 Å². The summed E-state index contributed by atoms with van der Waals surface area (Å²) in [6.45, 7) is 0.641. The van der Waals surface area contributed by atoms with Crippen molar-refractivity contribution in [3.63, 3.8) is 0 Å². The normalized spacial score (nSPS) is 19.3. The summed E-state index contributed by atoms with van der Waals surface area (Å²) < 4.78 is 69.7. The zero-order chi connectivity index (χ0) is 24.0. The van der Waals surface area contributed by atoms with Gasteiger partial charge in [0.1, 0.15) is 0 Å². The maximum Gasteiger partial charge on any atom is 0.417 e. The van der Waals surface area contributed by atoms with Gasteiger partial charge in [-0.05, 0) is 73.5 Å². The van der Waals surface area contributed by atoms with Crippen molar-refractivity contribution in [1.29, 1.82) is 0 Å². The van der Waals surface area contributed by atoms with E-state index in [4.69, 9.17) is 11.6 Å². The van der Waals surface area contributed by atoms with Crippen LogP contribution in [0.5, 0.6) is 0 Å². The lowest BCUT2D eigenvalue weighted by molar-refractivity contribution is -0.137. The van der Waals surface area contributed by atoms with Gasteiger partial charge in [-0.3, -0.25) is 4.72 Å². The van der Waals surface area contributed by atoms with Crippen LogP contribution in [0.25, 0.3) is 0 Å². The van der Waals surface area contributed by atoms with Crippen molar-refractivity contribution in [2.45, 2.75) is 55.1 Å². The molecular formula is C22H22ClF3N2O4S. The molecule has 33 heavy (non-hydrogen) atoms. The maximum absolute atomic E-state index is 13.5. The first kappa shape index (κ1) is 23.8. The van der Waals surface area contributed by atoms with E-state index in [0.717, 1.165) is 37.8 Å². The Balaban J connectivity index is 1.82. The van der Waals surface area contributed by atoms with Crippen LogP contribution < -0.4 is 10.0 Å². The summed E-state index contributed by atoms with van der Waals surface area (Å²) in [5.74, 6) is -1.33. The number of benzene rings is 2. The molecule has 4 rings (SSSR count). The highest BCUT2D eigenvalue weighted by molar-refractivity contribution is 7.92. The number of aromatic carboxylic acids is 1. The largest absolute Gasteiger partial charge is 0.478 e. The van der Waals surface area contributed by atoms with Crippen LogP contribution >= 0.6 is 11.6 Å². The molecular weight excluding hydrogens is 481 g/mol. The molecule has 6 nitrogen and oxygen atoms in total. The zero-order valence-corrected chi connectivity index (χ0v) is 18.9. The molecule has 0 aromatic heterocycles. The number of rotatable bonds is 6. The Labute approximate surface area is 194 Å². The molecule has 1 saturated heterocycles. The summed E-state index contributed by atoms with van der Waals surface area (Å²) in [6, 6.07) is 5.34. The summed E-state index contributed by atoms with van der Waals surface area (Å²) in [7, 11) is -4.39. The van der Waals surface area contributed by atoms with Crippen molar-refractivity contribution in [2.24, 2.45) is 0 Å². The molecule has 3 N–H and O–H groups in total. The average Bonchev–Trinajstić information content (AvgIpc) is 3.59. The van der Waals surface area contributed by atoms with E-state index < -0.39 is 32.8 Å². The van der Waals surface area contributed by atoms with Crippen LogP contribution in [0.15, 0.2) is 35.2 Å². The predicted octanol–water partition coefficient (Wildman–Crippen LogP) is 5.55. The van der Waals surface area contributed by atoms with Crippen molar-refractivity contribution in [2.75, 3.05) is 11.3 Å². The number of nitrogens with one attached hydrogen (secondary N) is 2. The van der Waals surface area contributed by atoms with Crippen molar-refractivity contribution in [3.05, 3.63) is 57.6 Å². The third kappa shape index (κ3) is 5.12. The summed E-state index contributed by atoms with van der Waals surface area (Å²) in [5.41, 5.74) is -0.828. The van der Waals surface area contributed by atoms with E-state index in [2.05, 4.69) is 10.0 Å². The molecule has 0 radical (unpaired) electrons. The third-order valence-corrected chi connectivity index (χ3v) is 7.68. The van der Waals surface area contributed by atoms with Gasteiger partial charge in [0, 0.05) is 6.04 Å². The highest BCUT2D eigenvalue weighted by Gasteiger charge is 2.36. The number of hydrogen-bond donors (Lipinski definition) is 3. The molecule has 11 heteroatoms. The molecule has 0 amide bonds. The van der Waals surface area contributed by atoms with Gasteiger partial charge in [0.15, 0.2) is 0 Å². The minimum absolute atomic E-state index is 0.0325. The van der Waals surface area contributed by atoms with Crippen LogP contribution in [0.3, 0.4) is 0 Å². The lowest BCUT2D eigenvalue weighted by atomic mass is 9.95. The number of carboxylic acid groups (broad SMARTS) is 1. The highest BCUT2D eigenvalue weighted by Crippen LogP contribution is 2.44. The molecule has 2 aromatic carbocycles.